The van der Waals surface area contributed by atoms with Gasteiger partial charge in [-0.15, -0.1) is 0 Å². The fourth-order valence-corrected chi connectivity index (χ4v) is 2.01. The van der Waals surface area contributed by atoms with Gasteiger partial charge in [-0.1, -0.05) is 13.8 Å². The van der Waals surface area contributed by atoms with E-state index in [1.807, 2.05) is 13.8 Å². The Morgan fingerprint density at radius 3 is 2.35 bits per heavy atom. The van der Waals surface area contributed by atoms with Crippen LogP contribution < -0.4 is 0 Å². The fraction of sp³-hybridized carbons (Fsp3) is 0.727. The molecule has 1 fully saturated rings. The second-order valence-electron chi connectivity index (χ2n) is 5.47. The van der Waals surface area contributed by atoms with E-state index >= 15 is 0 Å². The Kier molecular flexibility index (Phi) is 2.69. The van der Waals surface area contributed by atoms with Crippen LogP contribution in [0.5, 0.6) is 0 Å². The average Bonchev–Trinajstić information content (AvgIpc) is 2.74. The number of carbonyl (C=O) groups excluding carboxylic acids is 1. The minimum absolute atomic E-state index is 0.0629. The summed E-state index contributed by atoms with van der Waals surface area (Å²) in [5, 5.41) is 18.0. The molecule has 0 bridgehead atoms. The molecule has 1 aliphatic heterocycles. The number of hydrogen-bond acceptors (Lipinski definition) is 4. The van der Waals surface area contributed by atoms with Gasteiger partial charge in [0.25, 0.3) is 0 Å². The molecule has 0 aromatic carbocycles. The van der Waals surface area contributed by atoms with E-state index in [2.05, 4.69) is 10.2 Å². The highest BCUT2D eigenvalue weighted by atomic mass is 16.3. The first kappa shape index (κ1) is 12.0. The molecule has 6 heteroatoms. The van der Waals surface area contributed by atoms with E-state index in [1.165, 1.54) is 17.2 Å². The van der Waals surface area contributed by atoms with E-state index < -0.39 is 5.60 Å². The van der Waals surface area contributed by atoms with Gasteiger partial charge in [-0.25, -0.2) is 0 Å². The normalized spacial score (nSPS) is 27.4. The molecule has 1 aromatic heterocycles. The van der Waals surface area contributed by atoms with Gasteiger partial charge in [0.15, 0.2) is 0 Å². The van der Waals surface area contributed by atoms with Crippen molar-refractivity contribution in [1.29, 1.82) is 0 Å². The second-order valence-corrected chi connectivity index (χ2v) is 5.47. The van der Waals surface area contributed by atoms with E-state index in [9.17, 15) is 9.90 Å². The van der Waals surface area contributed by atoms with Crippen LogP contribution in [0.1, 0.15) is 20.8 Å². The van der Waals surface area contributed by atoms with Crippen molar-refractivity contribution >= 4 is 5.91 Å². The molecule has 0 radical (unpaired) electrons. The lowest BCUT2D eigenvalue weighted by Crippen LogP contribution is -2.40. The quantitative estimate of drug-likeness (QED) is 0.781. The smallest absolute Gasteiger partial charge is 0.246 e. The Labute approximate surface area is 100 Å². The van der Waals surface area contributed by atoms with Crippen molar-refractivity contribution in [2.24, 2.45) is 5.41 Å². The third-order valence-electron chi connectivity index (χ3n) is 3.64. The number of carbonyl (C=O) groups is 1. The molecule has 1 aliphatic rings. The van der Waals surface area contributed by atoms with Crippen molar-refractivity contribution < 1.29 is 9.90 Å². The average molecular weight is 238 g/mol. The number of aliphatic hydroxyl groups is 1. The van der Waals surface area contributed by atoms with Gasteiger partial charge in [-0.05, 0) is 6.92 Å². The van der Waals surface area contributed by atoms with Crippen LogP contribution in [-0.2, 0) is 11.3 Å². The van der Waals surface area contributed by atoms with E-state index in [1.54, 1.807) is 11.8 Å². The number of amides is 1. The summed E-state index contributed by atoms with van der Waals surface area (Å²) in [7, 11) is 0. The first-order valence-corrected chi connectivity index (χ1v) is 5.66. The highest BCUT2D eigenvalue weighted by Crippen LogP contribution is 2.38. The molecular weight excluding hydrogens is 220 g/mol. The topological polar surface area (TPSA) is 71.2 Å². The molecule has 17 heavy (non-hydrogen) atoms. The van der Waals surface area contributed by atoms with Crippen LogP contribution in [0.3, 0.4) is 0 Å². The Morgan fingerprint density at radius 2 is 1.88 bits per heavy atom. The van der Waals surface area contributed by atoms with Crippen LogP contribution in [-0.4, -0.2) is 49.6 Å². The predicted molar refractivity (Wildman–Crippen MR) is 61.0 cm³/mol. The van der Waals surface area contributed by atoms with E-state index in [-0.39, 0.29) is 17.9 Å². The summed E-state index contributed by atoms with van der Waals surface area (Å²) in [4.78, 5) is 15.0. The molecule has 0 saturated carbocycles. The van der Waals surface area contributed by atoms with Gasteiger partial charge >= 0.3 is 0 Å². The predicted octanol–water partition coefficient (Wildman–Crippen LogP) is -0.103. The van der Waals surface area contributed by atoms with Gasteiger partial charge in [0.1, 0.15) is 6.54 Å². The summed E-state index contributed by atoms with van der Waals surface area (Å²) >= 11 is 0. The van der Waals surface area contributed by atoms with Gasteiger partial charge in [0.05, 0.1) is 18.0 Å². The van der Waals surface area contributed by atoms with Crippen molar-refractivity contribution in [1.82, 2.24) is 19.9 Å². The zero-order valence-electron chi connectivity index (χ0n) is 10.4. The number of rotatable bonds is 2. The Bertz CT molecular complexity index is 395. The summed E-state index contributed by atoms with van der Waals surface area (Å²) < 4.78 is 0. The molecule has 1 saturated heterocycles. The minimum Gasteiger partial charge on any atom is -0.388 e. The van der Waals surface area contributed by atoms with Gasteiger partial charge in [-0.3, -0.25) is 4.79 Å². The van der Waals surface area contributed by atoms with Crippen LogP contribution in [0.25, 0.3) is 0 Å². The fourth-order valence-electron chi connectivity index (χ4n) is 2.01. The minimum atomic E-state index is -0.847. The maximum Gasteiger partial charge on any atom is 0.246 e. The monoisotopic (exact) mass is 238 g/mol. The third kappa shape index (κ3) is 2.17. The zero-order valence-corrected chi connectivity index (χ0v) is 10.4. The lowest BCUT2D eigenvalue weighted by atomic mass is 9.79. The number of hydrogen-bond donors (Lipinski definition) is 1. The van der Waals surface area contributed by atoms with Gasteiger partial charge < -0.3 is 10.0 Å². The maximum atomic E-state index is 12.0. The van der Waals surface area contributed by atoms with E-state index in [0.717, 1.165) is 0 Å². The van der Waals surface area contributed by atoms with Crippen molar-refractivity contribution in [2.45, 2.75) is 32.9 Å². The first-order valence-electron chi connectivity index (χ1n) is 5.66. The molecule has 0 unspecified atom stereocenters. The van der Waals surface area contributed by atoms with Crippen molar-refractivity contribution in [3.63, 3.8) is 0 Å². The molecule has 1 N–H and O–H groups in total. The van der Waals surface area contributed by atoms with Crippen LogP contribution in [0.4, 0.5) is 0 Å². The van der Waals surface area contributed by atoms with Crippen LogP contribution in [0.2, 0.25) is 0 Å². The number of likely N-dealkylation sites (tertiary alicyclic amines) is 1. The number of aromatic nitrogens is 3. The largest absolute Gasteiger partial charge is 0.388 e. The van der Waals surface area contributed by atoms with Crippen molar-refractivity contribution in [2.75, 3.05) is 13.1 Å². The molecule has 1 amide bonds. The van der Waals surface area contributed by atoms with Crippen LogP contribution in [0.15, 0.2) is 12.4 Å². The van der Waals surface area contributed by atoms with Crippen LogP contribution >= 0.6 is 0 Å². The zero-order chi connectivity index (χ0) is 12.7. The summed E-state index contributed by atoms with van der Waals surface area (Å²) in [6, 6.07) is 0. The highest BCUT2D eigenvalue weighted by Gasteiger charge is 2.49. The van der Waals surface area contributed by atoms with Gasteiger partial charge in [0, 0.05) is 18.5 Å². The third-order valence-corrected chi connectivity index (χ3v) is 3.64. The lowest BCUT2D eigenvalue weighted by molar-refractivity contribution is -0.132. The molecule has 94 valence electrons. The van der Waals surface area contributed by atoms with Gasteiger partial charge in [0.2, 0.25) is 5.91 Å². The molecule has 2 rings (SSSR count). The number of β-amino-alcohol motifs (C(OH)–C–C–N with tert-alkyl or cyclic N) is 1. The molecule has 1 atom stereocenters. The highest BCUT2D eigenvalue weighted by molar-refractivity contribution is 5.76. The molecule has 0 spiro atoms. The van der Waals surface area contributed by atoms with Crippen molar-refractivity contribution in [3.8, 4) is 0 Å². The van der Waals surface area contributed by atoms with E-state index in [0.29, 0.717) is 13.1 Å². The maximum absolute atomic E-state index is 12.0. The van der Waals surface area contributed by atoms with E-state index in [4.69, 9.17) is 0 Å². The molecule has 1 aromatic rings. The SMILES string of the molecule is CC1(C)CN(C(=O)Cn2nccn2)C[C@@]1(C)O. The number of nitrogens with zero attached hydrogens (tertiary/aromatic N) is 4. The van der Waals surface area contributed by atoms with Gasteiger partial charge in [-0.2, -0.15) is 15.0 Å². The molecule has 6 nitrogen and oxygen atoms in total. The summed E-state index contributed by atoms with van der Waals surface area (Å²) in [5.41, 5.74) is -1.14. The first-order chi connectivity index (χ1) is 7.82. The van der Waals surface area contributed by atoms with Crippen molar-refractivity contribution in [3.05, 3.63) is 12.4 Å². The van der Waals surface area contributed by atoms with Crippen LogP contribution in [0, 0.1) is 5.41 Å². The molecule has 0 aliphatic carbocycles. The summed E-state index contributed by atoms with van der Waals surface area (Å²) in [6.45, 7) is 6.74. The Morgan fingerprint density at radius 1 is 1.29 bits per heavy atom. The lowest BCUT2D eigenvalue weighted by Gasteiger charge is -2.30. The standard InChI is InChI=1S/C11H18N4O2/c1-10(2)7-14(8-11(10,3)17)9(16)6-15-12-4-5-13-15/h4-5,17H,6-8H2,1-3H3/t11-/m1/s1. The summed E-state index contributed by atoms with van der Waals surface area (Å²) in [5.74, 6) is -0.0629. The Hall–Kier alpha value is -1.43. The molecule has 2 heterocycles. The Balaban J connectivity index is 2.04. The molecular formula is C11H18N4O2. The second kappa shape index (κ2) is 3.80. The summed E-state index contributed by atoms with van der Waals surface area (Å²) in [6.07, 6.45) is 3.08.